The normalized spacial score (nSPS) is 14.6. The molecule has 0 spiro atoms. The van der Waals surface area contributed by atoms with Gasteiger partial charge in [-0.3, -0.25) is 14.2 Å². The zero-order valence-electron chi connectivity index (χ0n) is 15.7. The molecule has 0 radical (unpaired) electrons. The summed E-state index contributed by atoms with van der Waals surface area (Å²) in [6, 6.07) is 5.73. The number of nitrogens with zero attached hydrogens (tertiary/aromatic N) is 5. The Kier molecular flexibility index (Phi) is 5.07. The maximum Gasteiger partial charge on any atom is 0.290 e. The number of hydrogen-bond acceptors (Lipinski definition) is 7. The lowest BCUT2D eigenvalue weighted by Gasteiger charge is -2.36. The van der Waals surface area contributed by atoms with E-state index in [4.69, 9.17) is 4.74 Å². The Balaban J connectivity index is 1.52. The molecule has 3 heterocycles. The lowest BCUT2D eigenvalue weighted by molar-refractivity contribution is 0.186. The highest BCUT2D eigenvalue weighted by Gasteiger charge is 2.20. The molecular weight excluding hydrogens is 360 g/mol. The average molecular weight is 382 g/mol. The van der Waals surface area contributed by atoms with Gasteiger partial charge in [-0.05, 0) is 18.2 Å². The number of nitrogens with one attached hydrogen (secondary N) is 1. The topological polar surface area (TPSA) is 96.3 Å². The van der Waals surface area contributed by atoms with Crippen LogP contribution in [0.15, 0.2) is 46.5 Å². The first-order chi connectivity index (χ1) is 13.7. The second-order valence-corrected chi connectivity index (χ2v) is 6.65. The molecule has 1 aliphatic heterocycles. The number of H-pyrrole nitrogens is 1. The van der Waals surface area contributed by atoms with Crippen LogP contribution in [-0.2, 0) is 11.3 Å². The lowest BCUT2D eigenvalue weighted by Crippen LogP contribution is -2.48. The van der Waals surface area contributed by atoms with Crippen molar-refractivity contribution in [3.8, 4) is 0 Å². The summed E-state index contributed by atoms with van der Waals surface area (Å²) in [5.41, 5.74) is 1.46. The molecule has 0 aliphatic carbocycles. The quantitative estimate of drug-likeness (QED) is 0.684. The Morgan fingerprint density at radius 2 is 1.89 bits per heavy atom. The molecule has 1 saturated heterocycles. The molecular formula is C19H22N6O3. The molecule has 0 bridgehead atoms. The molecule has 1 aliphatic rings. The fourth-order valence-corrected chi connectivity index (χ4v) is 3.44. The van der Waals surface area contributed by atoms with Crippen molar-refractivity contribution in [2.24, 2.45) is 0 Å². The van der Waals surface area contributed by atoms with Crippen LogP contribution in [0, 0.1) is 0 Å². The van der Waals surface area contributed by atoms with Crippen LogP contribution in [0.4, 0.5) is 11.5 Å². The van der Waals surface area contributed by atoms with Gasteiger partial charge in [-0.25, -0.2) is 9.97 Å². The molecule has 1 N–H and O–H groups in total. The minimum Gasteiger partial charge on any atom is -0.383 e. The van der Waals surface area contributed by atoms with E-state index in [1.807, 2.05) is 23.1 Å². The third-order valence-electron chi connectivity index (χ3n) is 4.98. The van der Waals surface area contributed by atoms with Crippen LogP contribution in [-0.4, -0.2) is 59.4 Å². The maximum absolute atomic E-state index is 12.6. The first-order valence-electron chi connectivity index (χ1n) is 9.19. The van der Waals surface area contributed by atoms with Gasteiger partial charge in [-0.2, -0.15) is 0 Å². The molecule has 0 amide bonds. The van der Waals surface area contributed by atoms with Gasteiger partial charge in [-0.15, -0.1) is 0 Å². The Morgan fingerprint density at radius 3 is 2.64 bits per heavy atom. The SMILES string of the molecule is COCCn1cnc2cc(N3CCN(c4ncc[nH]c4=O)CC3)ccc2c1=O. The van der Waals surface area contributed by atoms with Crippen molar-refractivity contribution in [3.63, 3.8) is 0 Å². The van der Waals surface area contributed by atoms with Crippen molar-refractivity contribution < 1.29 is 4.74 Å². The van der Waals surface area contributed by atoms with E-state index in [1.54, 1.807) is 24.2 Å². The summed E-state index contributed by atoms with van der Waals surface area (Å²) >= 11 is 0. The summed E-state index contributed by atoms with van der Waals surface area (Å²) in [7, 11) is 1.61. The highest BCUT2D eigenvalue weighted by Crippen LogP contribution is 2.21. The molecule has 9 heteroatoms. The monoisotopic (exact) mass is 382 g/mol. The van der Waals surface area contributed by atoms with Gasteiger partial charge in [0.1, 0.15) is 0 Å². The van der Waals surface area contributed by atoms with Gasteiger partial charge >= 0.3 is 0 Å². The fourth-order valence-electron chi connectivity index (χ4n) is 3.44. The number of piperazine rings is 1. The van der Waals surface area contributed by atoms with Crippen LogP contribution in [0.1, 0.15) is 0 Å². The number of methoxy groups -OCH3 is 1. The number of hydrogen-bond donors (Lipinski definition) is 1. The predicted octanol–water partition coefficient (Wildman–Crippen LogP) is 0.453. The molecule has 2 aromatic heterocycles. The molecule has 146 valence electrons. The Labute approximate surface area is 161 Å². The molecule has 0 saturated carbocycles. The third-order valence-corrected chi connectivity index (χ3v) is 4.98. The Morgan fingerprint density at radius 1 is 1.11 bits per heavy atom. The molecule has 3 aromatic rings. The number of aromatic amines is 1. The first-order valence-corrected chi connectivity index (χ1v) is 9.19. The summed E-state index contributed by atoms with van der Waals surface area (Å²) in [6.07, 6.45) is 4.70. The summed E-state index contributed by atoms with van der Waals surface area (Å²) < 4.78 is 6.60. The lowest BCUT2D eigenvalue weighted by atomic mass is 10.2. The number of rotatable bonds is 5. The van der Waals surface area contributed by atoms with Crippen LogP contribution in [0.3, 0.4) is 0 Å². The smallest absolute Gasteiger partial charge is 0.290 e. The van der Waals surface area contributed by atoms with Crippen LogP contribution < -0.4 is 20.9 Å². The van der Waals surface area contributed by atoms with Crippen LogP contribution in [0.2, 0.25) is 0 Å². The van der Waals surface area contributed by atoms with Crippen LogP contribution >= 0.6 is 0 Å². The van der Waals surface area contributed by atoms with Crippen molar-refractivity contribution in [3.05, 3.63) is 57.6 Å². The van der Waals surface area contributed by atoms with Gasteiger partial charge in [0.25, 0.3) is 11.1 Å². The zero-order valence-corrected chi connectivity index (χ0v) is 15.7. The molecule has 4 rings (SSSR count). The van der Waals surface area contributed by atoms with Gasteiger partial charge in [-0.1, -0.05) is 0 Å². The highest BCUT2D eigenvalue weighted by atomic mass is 16.5. The van der Waals surface area contributed by atoms with Crippen molar-refractivity contribution in [2.45, 2.75) is 6.54 Å². The minimum atomic E-state index is -0.171. The maximum atomic E-state index is 12.6. The van der Waals surface area contributed by atoms with E-state index in [0.717, 1.165) is 18.8 Å². The summed E-state index contributed by atoms with van der Waals surface area (Å²) in [5, 5.41) is 0.598. The van der Waals surface area contributed by atoms with Gasteiger partial charge in [0.05, 0.1) is 30.4 Å². The number of fused-ring (bicyclic) bond motifs is 1. The largest absolute Gasteiger partial charge is 0.383 e. The van der Waals surface area contributed by atoms with Gasteiger partial charge in [0.2, 0.25) is 0 Å². The molecule has 0 atom stereocenters. The molecule has 9 nitrogen and oxygen atoms in total. The number of anilines is 2. The molecule has 0 unspecified atom stereocenters. The first kappa shape index (κ1) is 18.2. The zero-order chi connectivity index (χ0) is 19.5. The van der Waals surface area contributed by atoms with E-state index in [1.165, 1.54) is 6.20 Å². The second kappa shape index (κ2) is 7.81. The van der Waals surface area contributed by atoms with Gasteiger partial charge in [0.15, 0.2) is 5.82 Å². The second-order valence-electron chi connectivity index (χ2n) is 6.65. The van der Waals surface area contributed by atoms with Crippen molar-refractivity contribution in [1.29, 1.82) is 0 Å². The number of aromatic nitrogens is 4. The summed E-state index contributed by atoms with van der Waals surface area (Å²) in [6.45, 7) is 3.86. The van der Waals surface area contributed by atoms with Crippen molar-refractivity contribution >= 4 is 22.4 Å². The van der Waals surface area contributed by atoms with Crippen molar-refractivity contribution in [2.75, 3.05) is 49.7 Å². The fraction of sp³-hybridized carbons (Fsp3) is 0.368. The van der Waals surface area contributed by atoms with Crippen LogP contribution in [0.5, 0.6) is 0 Å². The van der Waals surface area contributed by atoms with E-state index < -0.39 is 0 Å². The molecule has 28 heavy (non-hydrogen) atoms. The number of benzene rings is 1. The molecule has 1 fully saturated rings. The number of ether oxygens (including phenoxy) is 1. The third kappa shape index (κ3) is 3.48. The average Bonchev–Trinajstić information content (AvgIpc) is 2.74. The van der Waals surface area contributed by atoms with Crippen molar-refractivity contribution in [1.82, 2.24) is 19.5 Å². The van der Waals surface area contributed by atoms with Gasteiger partial charge < -0.3 is 19.5 Å². The summed E-state index contributed by atoms with van der Waals surface area (Å²) in [5.74, 6) is 0.457. The minimum absolute atomic E-state index is 0.0622. The van der Waals surface area contributed by atoms with Gasteiger partial charge in [0, 0.05) is 51.4 Å². The Bertz CT molecular complexity index is 1080. The van der Waals surface area contributed by atoms with E-state index in [-0.39, 0.29) is 11.1 Å². The predicted molar refractivity (Wildman–Crippen MR) is 107 cm³/mol. The highest BCUT2D eigenvalue weighted by molar-refractivity contribution is 5.81. The van der Waals surface area contributed by atoms with Crippen LogP contribution in [0.25, 0.3) is 10.9 Å². The molecule has 1 aromatic carbocycles. The summed E-state index contributed by atoms with van der Waals surface area (Å²) in [4.78, 5) is 40.0. The van der Waals surface area contributed by atoms with E-state index >= 15 is 0 Å². The van der Waals surface area contributed by atoms with E-state index in [9.17, 15) is 9.59 Å². The van der Waals surface area contributed by atoms with E-state index in [0.29, 0.717) is 43.0 Å². The Hall–Kier alpha value is -3.20. The standard InChI is InChI=1S/C19H22N6O3/c1-28-11-10-25-13-22-16-12-14(2-3-15(16)19(25)27)23-6-8-24(9-7-23)17-18(26)21-5-4-20-17/h2-5,12-13H,6-11H2,1H3,(H,21,26). The van der Waals surface area contributed by atoms with E-state index in [2.05, 4.69) is 19.9 Å².